The van der Waals surface area contributed by atoms with E-state index in [2.05, 4.69) is 0 Å². The number of pyridine rings is 2. The molecule has 0 aliphatic carbocycles. The van der Waals surface area contributed by atoms with Crippen LogP contribution in [0.5, 0.6) is 0 Å². The van der Waals surface area contributed by atoms with Crippen molar-refractivity contribution < 1.29 is 23.1 Å². The highest BCUT2D eigenvalue weighted by Crippen LogP contribution is 2.31. The van der Waals surface area contributed by atoms with Gasteiger partial charge < -0.3 is 5.11 Å². The number of alkyl halides is 3. The van der Waals surface area contributed by atoms with Gasteiger partial charge in [-0.3, -0.25) is 9.20 Å². The van der Waals surface area contributed by atoms with Gasteiger partial charge in [-0.15, -0.1) is 0 Å². The van der Waals surface area contributed by atoms with Crippen molar-refractivity contribution in [2.45, 2.75) is 6.18 Å². The summed E-state index contributed by atoms with van der Waals surface area (Å²) in [5.74, 6) is -1.27. The maximum Gasteiger partial charge on any atom is 0.416 e. The van der Waals surface area contributed by atoms with E-state index in [4.69, 9.17) is 0 Å². The van der Waals surface area contributed by atoms with Gasteiger partial charge in [0.15, 0.2) is 0 Å². The van der Waals surface area contributed by atoms with E-state index >= 15 is 0 Å². The van der Waals surface area contributed by atoms with Crippen LogP contribution in [0.3, 0.4) is 0 Å². The normalized spacial score (nSPS) is 11.6. The average Bonchev–Trinajstić information content (AvgIpc) is 2.54. The number of halogens is 3. The van der Waals surface area contributed by atoms with Crippen molar-refractivity contribution in [2.24, 2.45) is 0 Å². The van der Waals surface area contributed by atoms with E-state index in [-0.39, 0.29) is 22.2 Å². The first-order valence-electron chi connectivity index (χ1n) is 6.84. The minimum absolute atomic E-state index is 0.00979. The number of hydrogen-bond donors (Lipinski definition) is 1. The molecule has 1 aromatic carbocycles. The first-order valence-corrected chi connectivity index (χ1v) is 6.84. The average molecular weight is 333 g/mol. The minimum Gasteiger partial charge on any atom is -0.478 e. The lowest BCUT2D eigenvalue weighted by molar-refractivity contribution is -0.137. The van der Waals surface area contributed by atoms with E-state index in [0.717, 1.165) is 22.6 Å². The number of benzene rings is 1. The molecule has 0 atom stereocenters. The van der Waals surface area contributed by atoms with Gasteiger partial charge in [0.05, 0.1) is 16.6 Å². The number of aromatic carboxylic acids is 1. The Kier molecular flexibility index (Phi) is 3.63. The second-order valence-electron chi connectivity index (χ2n) is 5.12. The fourth-order valence-electron chi connectivity index (χ4n) is 2.49. The fourth-order valence-corrected chi connectivity index (χ4v) is 2.49. The predicted octanol–water partition coefficient (Wildman–Crippen LogP) is 3.68. The standard InChI is InChI=1S/C17H10F3NO3/c18-17(19,20)11-5-3-4-10(8-11)12-9-13(16(23)24)14-6-1-2-7-21(14)15(12)22/h1-9H,(H,23,24). The zero-order chi connectivity index (χ0) is 17.5. The van der Waals surface area contributed by atoms with Gasteiger partial charge >= 0.3 is 12.1 Å². The largest absolute Gasteiger partial charge is 0.478 e. The van der Waals surface area contributed by atoms with Gasteiger partial charge in [0.1, 0.15) is 0 Å². The summed E-state index contributed by atoms with van der Waals surface area (Å²) in [6.45, 7) is 0. The first kappa shape index (κ1) is 15.8. The molecule has 0 aliphatic rings. The van der Waals surface area contributed by atoms with Crippen molar-refractivity contribution in [1.82, 2.24) is 4.40 Å². The molecule has 0 spiro atoms. The van der Waals surface area contributed by atoms with Crippen LogP contribution in [0, 0.1) is 0 Å². The highest BCUT2D eigenvalue weighted by atomic mass is 19.4. The topological polar surface area (TPSA) is 58.8 Å². The molecule has 0 aliphatic heterocycles. The Morgan fingerprint density at radius 3 is 2.46 bits per heavy atom. The molecule has 4 nitrogen and oxygen atoms in total. The highest BCUT2D eigenvalue weighted by Gasteiger charge is 2.30. The first-order chi connectivity index (χ1) is 11.3. The van der Waals surface area contributed by atoms with Gasteiger partial charge in [-0.25, -0.2) is 4.79 Å². The zero-order valence-corrected chi connectivity index (χ0v) is 12.0. The third-order valence-electron chi connectivity index (χ3n) is 3.61. The van der Waals surface area contributed by atoms with E-state index < -0.39 is 23.3 Å². The number of carbonyl (C=O) groups is 1. The van der Waals surface area contributed by atoms with Crippen LogP contribution in [0.2, 0.25) is 0 Å². The summed E-state index contributed by atoms with van der Waals surface area (Å²) in [4.78, 5) is 24.0. The van der Waals surface area contributed by atoms with Crippen LogP contribution >= 0.6 is 0 Å². The van der Waals surface area contributed by atoms with Crippen LogP contribution in [-0.4, -0.2) is 15.5 Å². The summed E-state index contributed by atoms with van der Waals surface area (Å²) < 4.78 is 39.7. The van der Waals surface area contributed by atoms with Crippen molar-refractivity contribution in [3.63, 3.8) is 0 Å². The number of carboxylic acids is 1. The summed E-state index contributed by atoms with van der Waals surface area (Å²) >= 11 is 0. The van der Waals surface area contributed by atoms with Crippen LogP contribution in [0.1, 0.15) is 15.9 Å². The molecular formula is C17H10F3NO3. The van der Waals surface area contributed by atoms with E-state index in [1.807, 2.05) is 0 Å². The molecule has 0 radical (unpaired) electrons. The van der Waals surface area contributed by atoms with Crippen LogP contribution in [0.4, 0.5) is 13.2 Å². The summed E-state index contributed by atoms with van der Waals surface area (Å²) in [7, 11) is 0. The third-order valence-corrected chi connectivity index (χ3v) is 3.61. The van der Waals surface area contributed by atoms with Gasteiger partial charge in [0, 0.05) is 11.8 Å². The van der Waals surface area contributed by atoms with E-state index in [1.54, 1.807) is 6.07 Å². The number of rotatable bonds is 2. The Hall–Kier alpha value is -3.09. The fraction of sp³-hybridized carbons (Fsp3) is 0.0588. The molecule has 0 unspecified atom stereocenters. The number of hydrogen-bond acceptors (Lipinski definition) is 2. The van der Waals surface area contributed by atoms with Crippen molar-refractivity contribution in [3.8, 4) is 11.1 Å². The van der Waals surface area contributed by atoms with Crippen LogP contribution in [0.15, 0.2) is 59.5 Å². The van der Waals surface area contributed by atoms with Gasteiger partial charge in [-0.05, 0) is 35.9 Å². The van der Waals surface area contributed by atoms with Crippen LogP contribution in [-0.2, 0) is 6.18 Å². The summed E-state index contributed by atoms with van der Waals surface area (Å²) in [6.07, 6.45) is -3.18. The third kappa shape index (κ3) is 2.64. The maximum absolute atomic E-state index is 12.9. The lowest BCUT2D eigenvalue weighted by Gasteiger charge is -2.11. The lowest BCUT2D eigenvalue weighted by atomic mass is 10.0. The lowest BCUT2D eigenvalue weighted by Crippen LogP contribution is -2.18. The quantitative estimate of drug-likeness (QED) is 0.778. The van der Waals surface area contributed by atoms with Crippen molar-refractivity contribution in [1.29, 1.82) is 0 Å². The van der Waals surface area contributed by atoms with E-state index in [9.17, 15) is 27.9 Å². The Morgan fingerprint density at radius 1 is 1.04 bits per heavy atom. The van der Waals surface area contributed by atoms with E-state index in [1.165, 1.54) is 30.5 Å². The molecule has 0 bridgehead atoms. The molecule has 3 aromatic rings. The molecule has 24 heavy (non-hydrogen) atoms. The molecule has 3 rings (SSSR count). The Labute approximate surface area is 133 Å². The summed E-state index contributed by atoms with van der Waals surface area (Å²) in [5.41, 5.74) is -1.59. The van der Waals surface area contributed by atoms with Crippen LogP contribution < -0.4 is 5.56 Å². The van der Waals surface area contributed by atoms with Crippen molar-refractivity contribution in [2.75, 3.05) is 0 Å². The predicted molar refractivity (Wildman–Crippen MR) is 81.1 cm³/mol. The minimum atomic E-state index is -4.56. The van der Waals surface area contributed by atoms with E-state index in [0.29, 0.717) is 0 Å². The molecule has 2 heterocycles. The van der Waals surface area contributed by atoms with Gasteiger partial charge in [0.25, 0.3) is 5.56 Å². The molecule has 1 N–H and O–H groups in total. The molecule has 0 saturated heterocycles. The Balaban J connectivity index is 2.34. The number of aromatic nitrogens is 1. The Morgan fingerprint density at radius 2 is 1.79 bits per heavy atom. The molecule has 2 aromatic heterocycles. The smallest absolute Gasteiger partial charge is 0.416 e. The van der Waals surface area contributed by atoms with Crippen molar-refractivity contribution in [3.05, 3.63) is 76.2 Å². The molecular weight excluding hydrogens is 323 g/mol. The monoisotopic (exact) mass is 333 g/mol. The zero-order valence-electron chi connectivity index (χ0n) is 12.0. The van der Waals surface area contributed by atoms with Gasteiger partial charge in [-0.1, -0.05) is 18.2 Å². The SMILES string of the molecule is O=C(O)c1cc(-c2cccc(C(F)(F)F)c2)c(=O)n2ccccc12. The second kappa shape index (κ2) is 5.52. The number of fused-ring (bicyclic) bond motifs is 1. The maximum atomic E-state index is 12.9. The molecule has 0 amide bonds. The van der Waals surface area contributed by atoms with Gasteiger partial charge in [0.2, 0.25) is 0 Å². The highest BCUT2D eigenvalue weighted by molar-refractivity contribution is 5.97. The van der Waals surface area contributed by atoms with Gasteiger partial charge in [-0.2, -0.15) is 13.2 Å². The Bertz CT molecular complexity index is 1010. The molecule has 7 heteroatoms. The second-order valence-corrected chi connectivity index (χ2v) is 5.12. The van der Waals surface area contributed by atoms with Crippen LogP contribution in [0.25, 0.3) is 16.6 Å². The molecule has 0 saturated carbocycles. The van der Waals surface area contributed by atoms with Crippen molar-refractivity contribution >= 4 is 11.5 Å². The summed E-state index contributed by atoms with van der Waals surface area (Å²) in [5, 5.41) is 9.33. The molecule has 0 fully saturated rings. The molecule has 122 valence electrons. The number of nitrogens with zero attached hydrogens (tertiary/aromatic N) is 1. The number of carboxylic acid groups (broad SMARTS) is 1. The summed E-state index contributed by atoms with van der Waals surface area (Å²) in [6, 6.07) is 9.92.